The van der Waals surface area contributed by atoms with Crippen molar-refractivity contribution in [2.24, 2.45) is 0 Å². The lowest BCUT2D eigenvalue weighted by Gasteiger charge is -2.18. The monoisotopic (exact) mass is 386 g/mol. The predicted octanol–water partition coefficient (Wildman–Crippen LogP) is 3.09. The first-order valence-electron chi connectivity index (χ1n) is 8.58. The number of anilines is 1. The van der Waals surface area contributed by atoms with Crippen LogP contribution in [0.15, 0.2) is 42.5 Å². The molecule has 140 valence electrons. The maximum Gasteiger partial charge on any atom is 0.338 e. The Labute approximate surface area is 161 Å². The summed E-state index contributed by atoms with van der Waals surface area (Å²) in [7, 11) is 0. The third-order valence-corrected chi connectivity index (χ3v) is 4.52. The number of ether oxygens (including phenoxy) is 1. The molecule has 0 saturated heterocycles. The summed E-state index contributed by atoms with van der Waals surface area (Å²) in [5, 5.41) is 6.10. The molecule has 1 aliphatic heterocycles. The number of carbonyl (C=O) groups is 3. The molecule has 1 aliphatic rings. The quantitative estimate of drug-likeness (QED) is 0.773. The number of hydrogen-bond donors (Lipinski definition) is 2. The van der Waals surface area contributed by atoms with Crippen molar-refractivity contribution in [3.8, 4) is 0 Å². The summed E-state index contributed by atoms with van der Waals surface area (Å²) in [4.78, 5) is 35.9. The highest BCUT2D eigenvalue weighted by molar-refractivity contribution is 6.30. The van der Waals surface area contributed by atoms with Crippen LogP contribution in [0.4, 0.5) is 5.69 Å². The molecule has 7 heteroatoms. The lowest BCUT2D eigenvalue weighted by molar-refractivity contribution is -0.129. The van der Waals surface area contributed by atoms with Crippen LogP contribution in [-0.2, 0) is 27.3 Å². The summed E-state index contributed by atoms with van der Waals surface area (Å²) in [6.45, 7) is 1.84. The van der Waals surface area contributed by atoms with E-state index in [0.717, 1.165) is 11.1 Å². The molecule has 0 aromatic heterocycles. The summed E-state index contributed by atoms with van der Waals surface area (Å²) >= 11 is 5.83. The van der Waals surface area contributed by atoms with Crippen LogP contribution in [0.2, 0.25) is 5.02 Å². The highest BCUT2D eigenvalue weighted by atomic mass is 35.5. The number of esters is 1. The Hall–Kier alpha value is -2.86. The molecule has 1 unspecified atom stereocenters. The van der Waals surface area contributed by atoms with E-state index in [9.17, 15) is 14.4 Å². The van der Waals surface area contributed by atoms with Crippen molar-refractivity contribution in [2.45, 2.75) is 32.4 Å². The fourth-order valence-electron chi connectivity index (χ4n) is 2.73. The molecule has 2 aromatic carbocycles. The molecule has 1 heterocycles. The van der Waals surface area contributed by atoms with E-state index in [1.807, 2.05) is 12.1 Å². The lowest BCUT2D eigenvalue weighted by atomic mass is 10.0. The lowest BCUT2D eigenvalue weighted by Crippen LogP contribution is -2.35. The average Bonchev–Trinajstić information content (AvgIpc) is 2.66. The van der Waals surface area contributed by atoms with E-state index in [1.165, 1.54) is 6.92 Å². The summed E-state index contributed by atoms with van der Waals surface area (Å²) in [5.74, 6) is -1.00. The second kappa shape index (κ2) is 8.22. The molecule has 0 aliphatic carbocycles. The van der Waals surface area contributed by atoms with Gasteiger partial charge in [0.15, 0.2) is 6.10 Å². The highest BCUT2D eigenvalue weighted by Crippen LogP contribution is 2.24. The maximum absolute atomic E-state index is 12.3. The first-order chi connectivity index (χ1) is 12.9. The molecule has 1 atom stereocenters. The zero-order valence-electron chi connectivity index (χ0n) is 14.8. The first kappa shape index (κ1) is 18.9. The normalized spacial score (nSPS) is 13.9. The van der Waals surface area contributed by atoms with Gasteiger partial charge in [-0.05, 0) is 54.8 Å². The van der Waals surface area contributed by atoms with Gasteiger partial charge in [-0.15, -0.1) is 0 Å². The molecular weight excluding hydrogens is 368 g/mol. The van der Waals surface area contributed by atoms with Crippen molar-refractivity contribution in [1.82, 2.24) is 5.32 Å². The SMILES string of the molecule is CC(OC(=O)c1ccc2c(c1)CCC(=O)N2)C(=O)NCc1ccc(Cl)cc1. The number of carbonyl (C=O) groups excluding carboxylic acids is 3. The molecule has 2 aromatic rings. The molecule has 0 spiro atoms. The molecule has 6 nitrogen and oxygen atoms in total. The molecule has 0 fully saturated rings. The maximum atomic E-state index is 12.3. The number of rotatable bonds is 5. The molecule has 0 bridgehead atoms. The smallest absolute Gasteiger partial charge is 0.338 e. The Morgan fingerprint density at radius 2 is 1.93 bits per heavy atom. The second-order valence-corrected chi connectivity index (χ2v) is 6.75. The third kappa shape index (κ3) is 4.86. The molecule has 2 amide bonds. The number of nitrogens with one attached hydrogen (secondary N) is 2. The number of aryl methyl sites for hydroxylation is 1. The minimum atomic E-state index is -0.930. The van der Waals surface area contributed by atoms with Gasteiger partial charge in [-0.1, -0.05) is 23.7 Å². The predicted molar refractivity (Wildman–Crippen MR) is 102 cm³/mol. The van der Waals surface area contributed by atoms with Gasteiger partial charge in [0, 0.05) is 23.7 Å². The standard InChI is InChI=1S/C20H19ClN2O4/c1-12(19(25)22-11-13-2-6-16(21)7-3-13)27-20(26)15-4-8-17-14(10-15)5-9-18(24)23-17/h2-4,6-8,10,12H,5,9,11H2,1H3,(H,22,25)(H,23,24). The average molecular weight is 387 g/mol. The van der Waals surface area contributed by atoms with Gasteiger partial charge in [0.25, 0.3) is 5.91 Å². The summed E-state index contributed by atoms with van der Waals surface area (Å²) in [6.07, 6.45) is 0.0227. The largest absolute Gasteiger partial charge is 0.449 e. The first-order valence-corrected chi connectivity index (χ1v) is 8.96. The Morgan fingerprint density at radius 1 is 1.19 bits per heavy atom. The van der Waals surface area contributed by atoms with Crippen molar-refractivity contribution >= 4 is 35.1 Å². The number of benzene rings is 2. The molecule has 3 rings (SSSR count). The van der Waals surface area contributed by atoms with Crippen molar-refractivity contribution in [3.63, 3.8) is 0 Å². The summed E-state index contributed by atoms with van der Waals surface area (Å²) in [5.41, 5.74) is 2.82. The van der Waals surface area contributed by atoms with Gasteiger partial charge in [0.2, 0.25) is 5.91 Å². The fraction of sp³-hybridized carbons (Fsp3) is 0.250. The molecule has 0 radical (unpaired) electrons. The third-order valence-electron chi connectivity index (χ3n) is 4.27. The zero-order chi connectivity index (χ0) is 19.4. The van der Waals surface area contributed by atoms with E-state index in [0.29, 0.717) is 35.7 Å². The summed E-state index contributed by atoms with van der Waals surface area (Å²) in [6, 6.07) is 12.0. The summed E-state index contributed by atoms with van der Waals surface area (Å²) < 4.78 is 5.26. The van der Waals surface area contributed by atoms with Gasteiger partial charge < -0.3 is 15.4 Å². The zero-order valence-corrected chi connectivity index (χ0v) is 15.5. The number of fused-ring (bicyclic) bond motifs is 1. The number of halogens is 1. The van der Waals surface area contributed by atoms with Crippen LogP contribution in [0.5, 0.6) is 0 Å². The minimum absolute atomic E-state index is 0.0381. The Kier molecular flexibility index (Phi) is 5.76. The van der Waals surface area contributed by atoms with Crippen molar-refractivity contribution in [1.29, 1.82) is 0 Å². The van der Waals surface area contributed by atoms with Crippen molar-refractivity contribution < 1.29 is 19.1 Å². The van der Waals surface area contributed by atoms with E-state index < -0.39 is 12.1 Å². The van der Waals surface area contributed by atoms with E-state index in [4.69, 9.17) is 16.3 Å². The van der Waals surface area contributed by atoms with E-state index in [1.54, 1.807) is 30.3 Å². The Morgan fingerprint density at radius 3 is 2.67 bits per heavy atom. The van der Waals surface area contributed by atoms with E-state index in [2.05, 4.69) is 10.6 Å². The van der Waals surface area contributed by atoms with Gasteiger partial charge in [-0.25, -0.2) is 4.79 Å². The highest BCUT2D eigenvalue weighted by Gasteiger charge is 2.21. The van der Waals surface area contributed by atoms with Gasteiger partial charge in [-0.2, -0.15) is 0 Å². The van der Waals surface area contributed by atoms with Crippen LogP contribution in [0.25, 0.3) is 0 Å². The Bertz CT molecular complexity index is 880. The van der Waals surface area contributed by atoms with Crippen LogP contribution in [0.3, 0.4) is 0 Å². The van der Waals surface area contributed by atoms with Crippen LogP contribution < -0.4 is 10.6 Å². The topological polar surface area (TPSA) is 84.5 Å². The van der Waals surface area contributed by atoms with E-state index in [-0.39, 0.29) is 11.8 Å². The van der Waals surface area contributed by atoms with E-state index >= 15 is 0 Å². The van der Waals surface area contributed by atoms with Crippen molar-refractivity contribution in [3.05, 3.63) is 64.2 Å². The molecule has 27 heavy (non-hydrogen) atoms. The molecular formula is C20H19ClN2O4. The Balaban J connectivity index is 1.56. The van der Waals surface area contributed by atoms with Gasteiger partial charge in [-0.3, -0.25) is 9.59 Å². The van der Waals surface area contributed by atoms with Gasteiger partial charge in [0.1, 0.15) is 0 Å². The number of amides is 2. The molecule has 0 saturated carbocycles. The second-order valence-electron chi connectivity index (χ2n) is 6.31. The molecule has 2 N–H and O–H groups in total. The van der Waals surface area contributed by atoms with Crippen LogP contribution >= 0.6 is 11.6 Å². The van der Waals surface area contributed by atoms with Crippen molar-refractivity contribution in [2.75, 3.05) is 5.32 Å². The van der Waals surface area contributed by atoms with Gasteiger partial charge >= 0.3 is 5.97 Å². The van der Waals surface area contributed by atoms with Gasteiger partial charge in [0.05, 0.1) is 5.56 Å². The van der Waals surface area contributed by atoms with Crippen LogP contribution in [0, 0.1) is 0 Å². The van der Waals surface area contributed by atoms with Crippen LogP contribution in [-0.4, -0.2) is 23.9 Å². The van der Waals surface area contributed by atoms with Crippen LogP contribution in [0.1, 0.15) is 34.8 Å². The fourth-order valence-corrected chi connectivity index (χ4v) is 2.85. The minimum Gasteiger partial charge on any atom is -0.449 e. The number of hydrogen-bond acceptors (Lipinski definition) is 4.